The van der Waals surface area contributed by atoms with Crippen molar-refractivity contribution in [2.75, 3.05) is 19.6 Å². The second kappa shape index (κ2) is 7.85. The maximum Gasteiger partial charge on any atom is 0.220 e. The van der Waals surface area contributed by atoms with Crippen LogP contribution in [0.5, 0.6) is 0 Å². The van der Waals surface area contributed by atoms with Gasteiger partial charge in [-0.15, -0.1) is 0 Å². The Hall–Kier alpha value is -2.44. The predicted octanol–water partition coefficient (Wildman–Crippen LogP) is 1.93. The maximum absolute atomic E-state index is 11.8. The summed E-state index contributed by atoms with van der Waals surface area (Å²) in [5.41, 5.74) is 1.84. The smallest absolute Gasteiger partial charge is 0.220 e. The van der Waals surface area contributed by atoms with Gasteiger partial charge in [0, 0.05) is 50.5 Å². The molecule has 26 heavy (non-hydrogen) atoms. The van der Waals surface area contributed by atoms with E-state index in [1.807, 2.05) is 35.6 Å². The molecule has 2 amide bonds. The molecular weight excluding hydrogens is 330 g/mol. The molecule has 7 nitrogen and oxygen atoms in total. The summed E-state index contributed by atoms with van der Waals surface area (Å²) in [6.07, 6.45) is 3.22. The predicted molar refractivity (Wildman–Crippen MR) is 99.6 cm³/mol. The molecule has 1 aliphatic rings. The van der Waals surface area contributed by atoms with Gasteiger partial charge in [0.2, 0.25) is 11.8 Å². The van der Waals surface area contributed by atoms with Crippen LogP contribution >= 0.6 is 0 Å². The molecule has 0 radical (unpaired) electrons. The molecule has 0 aliphatic carbocycles. The third-order valence-electron chi connectivity index (χ3n) is 4.80. The lowest BCUT2D eigenvalue weighted by Crippen LogP contribution is -2.28. The van der Waals surface area contributed by atoms with Crippen molar-refractivity contribution in [3.63, 3.8) is 0 Å². The van der Waals surface area contributed by atoms with Crippen LogP contribution in [0.2, 0.25) is 0 Å². The zero-order valence-electron chi connectivity index (χ0n) is 15.7. The Kier molecular flexibility index (Phi) is 5.54. The molecule has 1 aliphatic heterocycles. The minimum Gasteiger partial charge on any atom is -0.354 e. The summed E-state index contributed by atoms with van der Waals surface area (Å²) in [6, 6.07) is 3.95. The number of rotatable bonds is 6. The number of nitrogens with one attached hydrogen (secondary N) is 1. The van der Waals surface area contributed by atoms with Gasteiger partial charge in [-0.1, -0.05) is 13.8 Å². The fraction of sp³-hybridized carbons (Fsp3) is 0.579. The maximum atomic E-state index is 11.8. The molecule has 0 spiro atoms. The van der Waals surface area contributed by atoms with Crippen LogP contribution in [0.4, 0.5) is 0 Å². The van der Waals surface area contributed by atoms with Crippen LogP contribution in [-0.2, 0) is 16.1 Å². The third kappa shape index (κ3) is 4.03. The summed E-state index contributed by atoms with van der Waals surface area (Å²) in [7, 11) is 0. The number of pyridine rings is 1. The fourth-order valence-corrected chi connectivity index (χ4v) is 3.50. The fourth-order valence-electron chi connectivity index (χ4n) is 3.50. The van der Waals surface area contributed by atoms with Gasteiger partial charge in [0.25, 0.3) is 0 Å². The van der Waals surface area contributed by atoms with Crippen molar-refractivity contribution in [2.45, 2.75) is 46.1 Å². The zero-order valence-corrected chi connectivity index (χ0v) is 15.7. The Morgan fingerprint density at radius 1 is 1.38 bits per heavy atom. The van der Waals surface area contributed by atoms with Crippen molar-refractivity contribution in [1.29, 1.82) is 0 Å². The highest BCUT2D eigenvalue weighted by Crippen LogP contribution is 2.31. The van der Waals surface area contributed by atoms with E-state index in [0.717, 1.165) is 29.7 Å². The molecule has 7 heteroatoms. The number of aromatic nitrogens is 3. The molecule has 0 unspecified atom stereocenters. The van der Waals surface area contributed by atoms with Crippen molar-refractivity contribution in [3.8, 4) is 0 Å². The molecule has 2 aromatic heterocycles. The van der Waals surface area contributed by atoms with Gasteiger partial charge in [0.05, 0.1) is 12.2 Å². The second-order valence-electron chi connectivity index (χ2n) is 7.38. The minimum absolute atomic E-state index is 0.0672. The van der Waals surface area contributed by atoms with Crippen LogP contribution in [0.1, 0.15) is 45.2 Å². The molecule has 3 rings (SSSR count). The van der Waals surface area contributed by atoms with Gasteiger partial charge >= 0.3 is 0 Å². The van der Waals surface area contributed by atoms with E-state index >= 15 is 0 Å². The Bertz CT molecular complexity index is 798. The van der Waals surface area contributed by atoms with E-state index in [4.69, 9.17) is 5.10 Å². The van der Waals surface area contributed by atoms with Gasteiger partial charge in [-0.2, -0.15) is 5.10 Å². The molecule has 1 atom stereocenters. The van der Waals surface area contributed by atoms with Gasteiger partial charge in [-0.25, -0.2) is 9.67 Å². The number of hydrogen-bond donors (Lipinski definition) is 1. The largest absolute Gasteiger partial charge is 0.354 e. The molecule has 2 aromatic rings. The number of carbonyl (C=O) groups excluding carboxylic acids is 2. The molecule has 1 saturated heterocycles. The molecule has 0 bridgehead atoms. The van der Waals surface area contributed by atoms with Crippen LogP contribution in [0.15, 0.2) is 18.3 Å². The molecule has 1 fully saturated rings. The summed E-state index contributed by atoms with van der Waals surface area (Å²) >= 11 is 0. The zero-order chi connectivity index (χ0) is 18.7. The second-order valence-corrected chi connectivity index (χ2v) is 7.38. The minimum atomic E-state index is 0.0672. The molecule has 0 aromatic carbocycles. The lowest BCUT2D eigenvalue weighted by atomic mass is 10.0. The number of nitrogens with zero attached hydrogens (tertiary/aromatic N) is 4. The highest BCUT2D eigenvalue weighted by molar-refractivity contribution is 5.79. The van der Waals surface area contributed by atoms with E-state index in [1.165, 1.54) is 0 Å². The van der Waals surface area contributed by atoms with Crippen molar-refractivity contribution >= 4 is 22.8 Å². The lowest BCUT2D eigenvalue weighted by molar-refractivity contribution is -0.127. The van der Waals surface area contributed by atoms with Gasteiger partial charge in [0.1, 0.15) is 0 Å². The molecular formula is C19H27N5O2. The topological polar surface area (TPSA) is 80.1 Å². The average Bonchev–Trinajstić information content (AvgIpc) is 3.19. The first-order valence-corrected chi connectivity index (χ1v) is 9.29. The van der Waals surface area contributed by atoms with E-state index in [-0.39, 0.29) is 17.7 Å². The SMILES string of the molecule is CC(=O)N1CC[C@@H](c2nn(CCNC(=O)CC(C)C)c3ncccc23)C1. The number of amides is 2. The van der Waals surface area contributed by atoms with Crippen LogP contribution in [-0.4, -0.2) is 51.1 Å². The van der Waals surface area contributed by atoms with Crippen molar-refractivity contribution < 1.29 is 9.59 Å². The van der Waals surface area contributed by atoms with Crippen LogP contribution in [0.3, 0.4) is 0 Å². The van der Waals surface area contributed by atoms with Crippen LogP contribution < -0.4 is 5.32 Å². The number of carbonyl (C=O) groups is 2. The Morgan fingerprint density at radius 3 is 2.88 bits per heavy atom. The summed E-state index contributed by atoms with van der Waals surface area (Å²) < 4.78 is 1.87. The molecule has 3 heterocycles. The van der Waals surface area contributed by atoms with Gasteiger partial charge < -0.3 is 10.2 Å². The lowest BCUT2D eigenvalue weighted by Gasteiger charge is -2.12. The van der Waals surface area contributed by atoms with Crippen molar-refractivity contribution in [2.24, 2.45) is 5.92 Å². The Balaban J connectivity index is 1.73. The van der Waals surface area contributed by atoms with Crippen molar-refractivity contribution in [1.82, 2.24) is 25.0 Å². The highest BCUT2D eigenvalue weighted by atomic mass is 16.2. The molecule has 0 saturated carbocycles. The first-order chi connectivity index (χ1) is 12.5. The first-order valence-electron chi connectivity index (χ1n) is 9.29. The van der Waals surface area contributed by atoms with E-state index in [2.05, 4.69) is 10.3 Å². The summed E-state index contributed by atoms with van der Waals surface area (Å²) in [6.45, 7) is 8.27. The highest BCUT2D eigenvalue weighted by Gasteiger charge is 2.29. The van der Waals surface area contributed by atoms with E-state index in [1.54, 1.807) is 13.1 Å². The quantitative estimate of drug-likeness (QED) is 0.857. The monoisotopic (exact) mass is 357 g/mol. The van der Waals surface area contributed by atoms with Crippen LogP contribution in [0.25, 0.3) is 11.0 Å². The number of fused-ring (bicyclic) bond motifs is 1. The third-order valence-corrected chi connectivity index (χ3v) is 4.80. The van der Waals surface area contributed by atoms with Crippen LogP contribution in [0, 0.1) is 5.92 Å². The number of hydrogen-bond acceptors (Lipinski definition) is 4. The first kappa shape index (κ1) is 18.4. The van der Waals surface area contributed by atoms with E-state index in [0.29, 0.717) is 32.0 Å². The molecule has 140 valence electrons. The summed E-state index contributed by atoms with van der Waals surface area (Å²) in [4.78, 5) is 29.8. The van der Waals surface area contributed by atoms with Gasteiger partial charge in [0.15, 0.2) is 5.65 Å². The Labute approximate surface area is 153 Å². The molecule has 1 N–H and O–H groups in total. The van der Waals surface area contributed by atoms with E-state index < -0.39 is 0 Å². The Morgan fingerprint density at radius 2 is 2.19 bits per heavy atom. The summed E-state index contributed by atoms with van der Waals surface area (Å²) in [5.74, 6) is 0.766. The van der Waals surface area contributed by atoms with Crippen molar-refractivity contribution in [3.05, 3.63) is 24.0 Å². The van der Waals surface area contributed by atoms with Gasteiger partial charge in [-0.3, -0.25) is 9.59 Å². The summed E-state index contributed by atoms with van der Waals surface area (Å²) in [5, 5.41) is 8.77. The average molecular weight is 357 g/mol. The standard InChI is InChI=1S/C19H27N5O2/c1-13(2)11-17(26)20-8-10-24-19-16(5-4-7-21-19)18(22-24)15-6-9-23(12-15)14(3)25/h4-5,7,13,15H,6,8-12H2,1-3H3,(H,20,26)/t15-/m1/s1. The normalized spacial score (nSPS) is 17.2. The van der Waals surface area contributed by atoms with Gasteiger partial charge in [-0.05, 0) is 24.5 Å². The van der Waals surface area contributed by atoms with E-state index in [9.17, 15) is 9.59 Å². The number of likely N-dealkylation sites (tertiary alicyclic amines) is 1.